The minimum Gasteiger partial charge on any atom is -0.350 e. The Morgan fingerprint density at radius 1 is 1.35 bits per heavy atom. The molecule has 0 radical (unpaired) electrons. The largest absolute Gasteiger partial charge is 0.350 e. The second kappa shape index (κ2) is 6.10. The molecule has 0 aliphatic rings. The molecule has 23 heavy (non-hydrogen) atoms. The average Bonchev–Trinajstić information content (AvgIpc) is 2.93. The van der Waals surface area contributed by atoms with E-state index in [9.17, 15) is 10.0 Å². The highest BCUT2D eigenvalue weighted by atomic mass is 16.5. The summed E-state index contributed by atoms with van der Waals surface area (Å²) in [4.78, 5) is 15.4. The van der Waals surface area contributed by atoms with Gasteiger partial charge in [0.05, 0.1) is 6.04 Å². The molecule has 3 rings (SSSR count). The van der Waals surface area contributed by atoms with E-state index in [0.717, 1.165) is 22.0 Å². The highest BCUT2D eigenvalue weighted by molar-refractivity contribution is 5.85. The number of carbonyl (C=O) groups is 1. The Kier molecular flexibility index (Phi) is 3.99. The van der Waals surface area contributed by atoms with Crippen molar-refractivity contribution in [1.82, 2.24) is 14.6 Å². The zero-order chi connectivity index (χ0) is 16.4. The molecule has 1 atom stereocenters. The van der Waals surface area contributed by atoms with E-state index in [0.29, 0.717) is 11.6 Å². The number of para-hydroxylation sites is 1. The molecular formula is C17H18N4O2. The van der Waals surface area contributed by atoms with Gasteiger partial charge in [-0.1, -0.05) is 24.3 Å². The van der Waals surface area contributed by atoms with Crippen LogP contribution >= 0.6 is 0 Å². The van der Waals surface area contributed by atoms with Crippen molar-refractivity contribution in [3.8, 4) is 0 Å². The molecule has 3 N–H and O–H groups in total. The Hall–Kier alpha value is -2.86. The first kappa shape index (κ1) is 15.1. The predicted molar refractivity (Wildman–Crippen MR) is 86.9 cm³/mol. The van der Waals surface area contributed by atoms with Crippen LogP contribution in [0.5, 0.6) is 0 Å². The van der Waals surface area contributed by atoms with Gasteiger partial charge in [0, 0.05) is 41.6 Å². The van der Waals surface area contributed by atoms with Crippen molar-refractivity contribution in [2.75, 3.05) is 0 Å². The zero-order valence-corrected chi connectivity index (χ0v) is 12.8. The minimum absolute atomic E-state index is 0.535. The molecule has 0 saturated heterocycles. The van der Waals surface area contributed by atoms with E-state index in [-0.39, 0.29) is 0 Å². The third-order valence-corrected chi connectivity index (χ3v) is 3.94. The summed E-state index contributed by atoms with van der Waals surface area (Å²) in [5.41, 5.74) is 8.11. The van der Waals surface area contributed by atoms with Crippen molar-refractivity contribution in [1.29, 1.82) is 0 Å². The number of hydroxylamine groups is 2. The monoisotopic (exact) mass is 310 g/mol. The van der Waals surface area contributed by atoms with Crippen LogP contribution in [-0.2, 0) is 6.54 Å². The van der Waals surface area contributed by atoms with Crippen molar-refractivity contribution < 1.29 is 10.0 Å². The quantitative estimate of drug-likeness (QED) is 0.574. The number of rotatable bonds is 4. The number of urea groups is 1. The van der Waals surface area contributed by atoms with Crippen LogP contribution in [0.4, 0.5) is 4.79 Å². The highest BCUT2D eigenvalue weighted by Gasteiger charge is 2.21. The number of carbonyl (C=O) groups excluding carboxylic acids is 1. The van der Waals surface area contributed by atoms with E-state index in [1.807, 2.05) is 48.8 Å². The molecule has 1 unspecified atom stereocenters. The number of primary amides is 1. The van der Waals surface area contributed by atoms with Crippen molar-refractivity contribution in [3.63, 3.8) is 0 Å². The van der Waals surface area contributed by atoms with E-state index in [1.54, 1.807) is 13.1 Å². The van der Waals surface area contributed by atoms with Gasteiger partial charge in [-0.15, -0.1) is 0 Å². The van der Waals surface area contributed by atoms with Gasteiger partial charge >= 0.3 is 6.03 Å². The molecule has 2 heterocycles. The van der Waals surface area contributed by atoms with Gasteiger partial charge in [-0.2, -0.15) is 5.06 Å². The summed E-state index contributed by atoms with van der Waals surface area (Å²) < 4.78 is 2.08. The van der Waals surface area contributed by atoms with Crippen LogP contribution in [0.1, 0.15) is 24.1 Å². The van der Waals surface area contributed by atoms with Gasteiger partial charge in [0.15, 0.2) is 0 Å². The van der Waals surface area contributed by atoms with Crippen LogP contribution in [0, 0.1) is 0 Å². The van der Waals surface area contributed by atoms with Crippen LogP contribution in [0.3, 0.4) is 0 Å². The van der Waals surface area contributed by atoms with Crippen molar-refractivity contribution in [3.05, 3.63) is 66.1 Å². The number of aromatic nitrogens is 2. The summed E-state index contributed by atoms with van der Waals surface area (Å²) in [6.07, 6.45) is 5.50. The summed E-state index contributed by atoms with van der Waals surface area (Å²) in [5, 5.41) is 11.4. The van der Waals surface area contributed by atoms with Gasteiger partial charge in [-0.3, -0.25) is 10.2 Å². The maximum Gasteiger partial charge on any atom is 0.339 e. The van der Waals surface area contributed by atoms with Crippen molar-refractivity contribution in [2.45, 2.75) is 19.5 Å². The Morgan fingerprint density at radius 2 is 2.13 bits per heavy atom. The lowest BCUT2D eigenvalue weighted by atomic mass is 10.1. The minimum atomic E-state index is -0.874. The molecule has 6 heteroatoms. The smallest absolute Gasteiger partial charge is 0.339 e. The van der Waals surface area contributed by atoms with E-state index in [2.05, 4.69) is 9.55 Å². The number of hydrogen-bond donors (Lipinski definition) is 2. The number of fused-ring (bicyclic) bond motifs is 1. The molecule has 0 fully saturated rings. The van der Waals surface area contributed by atoms with Crippen LogP contribution in [0.15, 0.2) is 55.0 Å². The van der Waals surface area contributed by atoms with Gasteiger partial charge in [0.1, 0.15) is 0 Å². The van der Waals surface area contributed by atoms with E-state index >= 15 is 0 Å². The Morgan fingerprint density at radius 3 is 2.83 bits per heavy atom. The van der Waals surface area contributed by atoms with Crippen molar-refractivity contribution >= 4 is 16.9 Å². The first-order valence-electron chi connectivity index (χ1n) is 7.32. The average molecular weight is 310 g/mol. The van der Waals surface area contributed by atoms with Gasteiger partial charge in [0.25, 0.3) is 0 Å². The number of amides is 2. The summed E-state index contributed by atoms with van der Waals surface area (Å²) in [7, 11) is 0. The predicted octanol–water partition coefficient (Wildman–Crippen LogP) is 2.92. The summed E-state index contributed by atoms with van der Waals surface area (Å²) in [6, 6.07) is 10.4. The SMILES string of the molecule is CC(c1cn(Cc2cccnc2)c2ccccc12)N(O)C(N)=O. The van der Waals surface area contributed by atoms with Crippen LogP contribution in [0.25, 0.3) is 10.9 Å². The molecular weight excluding hydrogens is 292 g/mol. The first-order chi connectivity index (χ1) is 11.1. The van der Waals surface area contributed by atoms with Gasteiger partial charge in [-0.05, 0) is 24.6 Å². The van der Waals surface area contributed by atoms with Crippen LogP contribution < -0.4 is 5.73 Å². The molecule has 6 nitrogen and oxygen atoms in total. The number of benzene rings is 1. The van der Waals surface area contributed by atoms with E-state index < -0.39 is 12.1 Å². The van der Waals surface area contributed by atoms with Crippen LogP contribution in [-0.4, -0.2) is 25.9 Å². The Labute approximate surface area is 133 Å². The molecule has 0 aliphatic carbocycles. The maximum absolute atomic E-state index is 11.2. The standard InChI is InChI=1S/C17H18N4O2/c1-12(21(23)17(18)22)15-11-20(10-13-5-4-8-19-9-13)16-7-3-2-6-14(15)16/h2-9,11-12,23H,10H2,1H3,(H2,18,22). The number of hydrogen-bond acceptors (Lipinski definition) is 3. The number of pyridine rings is 1. The molecule has 2 aromatic heterocycles. The van der Waals surface area contributed by atoms with Gasteiger partial charge in [-0.25, -0.2) is 4.79 Å². The Balaban J connectivity index is 2.05. The van der Waals surface area contributed by atoms with E-state index in [1.165, 1.54) is 0 Å². The molecule has 0 bridgehead atoms. The fourth-order valence-corrected chi connectivity index (χ4v) is 2.75. The van der Waals surface area contributed by atoms with Crippen molar-refractivity contribution in [2.24, 2.45) is 5.73 Å². The fraction of sp³-hybridized carbons (Fsp3) is 0.176. The highest BCUT2D eigenvalue weighted by Crippen LogP contribution is 2.29. The maximum atomic E-state index is 11.2. The lowest BCUT2D eigenvalue weighted by Gasteiger charge is -2.20. The lowest BCUT2D eigenvalue weighted by molar-refractivity contribution is -0.0706. The third-order valence-electron chi connectivity index (χ3n) is 3.94. The first-order valence-corrected chi connectivity index (χ1v) is 7.32. The second-order valence-electron chi connectivity index (χ2n) is 5.45. The summed E-state index contributed by atoms with van der Waals surface area (Å²) in [5.74, 6) is 0. The molecule has 1 aromatic carbocycles. The van der Waals surface area contributed by atoms with E-state index in [4.69, 9.17) is 5.73 Å². The normalized spacial score (nSPS) is 12.3. The second-order valence-corrected chi connectivity index (χ2v) is 5.45. The molecule has 0 spiro atoms. The molecule has 2 amide bonds. The Bertz CT molecular complexity index is 829. The summed E-state index contributed by atoms with van der Waals surface area (Å²) >= 11 is 0. The molecule has 3 aromatic rings. The topological polar surface area (TPSA) is 84.4 Å². The number of nitrogens with two attached hydrogens (primary N) is 1. The molecule has 0 saturated carbocycles. The van der Waals surface area contributed by atoms with Gasteiger partial charge < -0.3 is 10.3 Å². The van der Waals surface area contributed by atoms with Gasteiger partial charge in [0.2, 0.25) is 0 Å². The fourth-order valence-electron chi connectivity index (χ4n) is 2.75. The van der Waals surface area contributed by atoms with Crippen LogP contribution in [0.2, 0.25) is 0 Å². The zero-order valence-electron chi connectivity index (χ0n) is 12.8. The summed E-state index contributed by atoms with van der Waals surface area (Å²) in [6.45, 7) is 2.39. The number of nitrogens with zero attached hydrogens (tertiary/aromatic N) is 3. The molecule has 118 valence electrons. The molecule has 0 aliphatic heterocycles. The lowest BCUT2D eigenvalue weighted by Crippen LogP contribution is -2.34. The third kappa shape index (κ3) is 2.89.